The zero-order valence-corrected chi connectivity index (χ0v) is 9.32. The number of nitrogen functional groups attached to an aromatic ring is 1. The van der Waals surface area contributed by atoms with Gasteiger partial charge in [0.2, 0.25) is 0 Å². The maximum absolute atomic E-state index is 13.2. The summed E-state index contributed by atoms with van der Waals surface area (Å²) in [5, 5.41) is 0.444. The molecule has 0 radical (unpaired) electrons. The van der Waals surface area contributed by atoms with Crippen LogP contribution in [0.25, 0.3) is 0 Å². The lowest BCUT2D eigenvalue weighted by atomic mass is 10.3. The van der Waals surface area contributed by atoms with Gasteiger partial charge in [0.25, 0.3) is 0 Å². The van der Waals surface area contributed by atoms with Crippen LogP contribution >= 0.6 is 23.3 Å². The summed E-state index contributed by atoms with van der Waals surface area (Å²) in [6, 6.07) is 6.63. The lowest BCUT2D eigenvalue weighted by molar-refractivity contribution is 0.602. The predicted octanol–water partition coefficient (Wildman–Crippen LogP) is 2.55. The summed E-state index contributed by atoms with van der Waals surface area (Å²) in [4.78, 5) is 4.60. The van der Waals surface area contributed by atoms with Crippen molar-refractivity contribution >= 4 is 28.4 Å². The number of aromatic nitrogens is 2. The Morgan fingerprint density at radius 3 is 2.87 bits per heavy atom. The molecule has 1 heterocycles. The number of hydrogen-bond donors (Lipinski definition) is 1. The first kappa shape index (κ1) is 10.4. The highest BCUT2D eigenvalue weighted by Crippen LogP contribution is 2.24. The maximum Gasteiger partial charge on any atom is 0.199 e. The molecule has 15 heavy (non-hydrogen) atoms. The quantitative estimate of drug-likeness (QED) is 0.839. The minimum atomic E-state index is -0.217. The molecule has 1 aromatic carbocycles. The fourth-order valence-corrected chi connectivity index (χ4v) is 2.36. The molecule has 0 atom stereocenters. The van der Waals surface area contributed by atoms with Gasteiger partial charge in [-0.15, -0.1) is 11.8 Å². The van der Waals surface area contributed by atoms with Gasteiger partial charge < -0.3 is 5.73 Å². The van der Waals surface area contributed by atoms with Crippen molar-refractivity contribution in [1.82, 2.24) is 9.36 Å². The zero-order valence-electron chi connectivity index (χ0n) is 7.68. The van der Waals surface area contributed by atoms with Gasteiger partial charge in [0, 0.05) is 16.4 Å². The van der Waals surface area contributed by atoms with Crippen LogP contribution in [-0.4, -0.2) is 9.36 Å². The number of benzene rings is 1. The Hall–Kier alpha value is -1.14. The molecule has 0 saturated heterocycles. The number of hydrogen-bond acceptors (Lipinski definition) is 5. The Labute approximate surface area is 94.7 Å². The van der Waals surface area contributed by atoms with E-state index in [-0.39, 0.29) is 5.82 Å². The van der Waals surface area contributed by atoms with E-state index in [4.69, 9.17) is 5.73 Å². The van der Waals surface area contributed by atoms with Crippen LogP contribution in [0.5, 0.6) is 0 Å². The first-order valence-corrected chi connectivity index (χ1v) is 5.97. The van der Waals surface area contributed by atoms with Gasteiger partial charge in [-0.2, -0.15) is 4.37 Å². The van der Waals surface area contributed by atoms with E-state index in [0.717, 1.165) is 11.5 Å². The van der Waals surface area contributed by atoms with Gasteiger partial charge in [0.15, 0.2) is 11.0 Å². The predicted molar refractivity (Wildman–Crippen MR) is 60.3 cm³/mol. The smallest absolute Gasteiger partial charge is 0.199 e. The highest BCUT2D eigenvalue weighted by Gasteiger charge is 2.05. The number of anilines is 1. The van der Waals surface area contributed by atoms with Gasteiger partial charge in [-0.1, -0.05) is 12.1 Å². The van der Waals surface area contributed by atoms with E-state index in [1.54, 1.807) is 18.2 Å². The lowest BCUT2D eigenvalue weighted by Gasteiger charge is -1.99. The molecule has 1 aromatic heterocycles. The molecule has 0 unspecified atom stereocenters. The molecule has 78 valence electrons. The second-order valence-corrected chi connectivity index (χ2v) is 4.57. The number of thioether (sulfide) groups is 1. The van der Waals surface area contributed by atoms with E-state index in [1.807, 2.05) is 0 Å². The molecule has 0 bridgehead atoms. The SMILES string of the molecule is Nc1nc(CSc2ccccc2F)ns1. The van der Waals surface area contributed by atoms with E-state index in [9.17, 15) is 4.39 Å². The van der Waals surface area contributed by atoms with Crippen molar-refractivity contribution < 1.29 is 4.39 Å². The molecule has 0 aliphatic rings. The Morgan fingerprint density at radius 1 is 1.40 bits per heavy atom. The summed E-state index contributed by atoms with van der Waals surface area (Å²) in [5.41, 5.74) is 5.44. The molecular formula is C9H8FN3S2. The minimum Gasteiger partial charge on any atom is -0.374 e. The third-order valence-corrected chi connectivity index (χ3v) is 3.30. The molecule has 2 aromatic rings. The second kappa shape index (κ2) is 4.59. The van der Waals surface area contributed by atoms with Crippen molar-refractivity contribution in [3.63, 3.8) is 0 Å². The molecule has 0 fully saturated rings. The van der Waals surface area contributed by atoms with Crippen molar-refractivity contribution in [2.75, 3.05) is 5.73 Å². The van der Waals surface area contributed by atoms with Crippen molar-refractivity contribution in [3.05, 3.63) is 35.9 Å². The molecule has 6 heteroatoms. The normalized spacial score (nSPS) is 10.5. The van der Waals surface area contributed by atoms with Gasteiger partial charge in [-0.05, 0) is 12.1 Å². The van der Waals surface area contributed by atoms with Crippen molar-refractivity contribution in [1.29, 1.82) is 0 Å². The molecule has 0 amide bonds. The van der Waals surface area contributed by atoms with Crippen molar-refractivity contribution in [2.45, 2.75) is 10.6 Å². The number of halogens is 1. The molecule has 0 aliphatic carbocycles. The lowest BCUT2D eigenvalue weighted by Crippen LogP contribution is -1.87. The average Bonchev–Trinajstić information content (AvgIpc) is 2.63. The number of nitrogens with zero attached hydrogens (tertiary/aromatic N) is 2. The fraction of sp³-hybridized carbons (Fsp3) is 0.111. The van der Waals surface area contributed by atoms with E-state index in [0.29, 0.717) is 21.6 Å². The first-order valence-electron chi connectivity index (χ1n) is 4.21. The van der Waals surface area contributed by atoms with Gasteiger partial charge in [0.1, 0.15) is 5.82 Å². The van der Waals surface area contributed by atoms with E-state index in [1.165, 1.54) is 17.8 Å². The average molecular weight is 241 g/mol. The standard InChI is InChI=1S/C9H8FN3S2/c10-6-3-1-2-4-7(6)14-5-8-12-9(11)15-13-8/h1-4H,5H2,(H2,11,12,13). The highest BCUT2D eigenvalue weighted by molar-refractivity contribution is 7.98. The Morgan fingerprint density at radius 2 is 2.20 bits per heavy atom. The minimum absolute atomic E-state index is 0.217. The first-order chi connectivity index (χ1) is 7.25. The van der Waals surface area contributed by atoms with Crippen LogP contribution in [0.15, 0.2) is 29.2 Å². The number of nitrogens with two attached hydrogens (primary N) is 1. The maximum atomic E-state index is 13.2. The van der Waals surface area contributed by atoms with Crippen LogP contribution in [0.1, 0.15) is 5.82 Å². The Balaban J connectivity index is 2.02. The van der Waals surface area contributed by atoms with Crippen LogP contribution in [0.2, 0.25) is 0 Å². The van der Waals surface area contributed by atoms with Crippen LogP contribution in [-0.2, 0) is 5.75 Å². The topological polar surface area (TPSA) is 51.8 Å². The largest absolute Gasteiger partial charge is 0.374 e. The Kier molecular flexibility index (Phi) is 3.17. The summed E-state index contributed by atoms with van der Waals surface area (Å²) >= 11 is 2.52. The van der Waals surface area contributed by atoms with Gasteiger partial charge >= 0.3 is 0 Å². The Bertz CT molecular complexity index is 458. The van der Waals surface area contributed by atoms with Crippen molar-refractivity contribution in [3.8, 4) is 0 Å². The van der Waals surface area contributed by atoms with Gasteiger partial charge in [-0.3, -0.25) is 0 Å². The van der Waals surface area contributed by atoms with E-state index in [2.05, 4.69) is 9.36 Å². The van der Waals surface area contributed by atoms with Crippen LogP contribution in [0.4, 0.5) is 9.52 Å². The second-order valence-electron chi connectivity index (χ2n) is 2.77. The van der Waals surface area contributed by atoms with E-state index >= 15 is 0 Å². The molecule has 0 aliphatic heterocycles. The zero-order chi connectivity index (χ0) is 10.7. The van der Waals surface area contributed by atoms with Gasteiger partial charge in [-0.25, -0.2) is 9.37 Å². The summed E-state index contributed by atoms with van der Waals surface area (Å²) in [7, 11) is 0. The molecule has 2 N–H and O–H groups in total. The molecule has 3 nitrogen and oxygen atoms in total. The van der Waals surface area contributed by atoms with Crippen LogP contribution in [0, 0.1) is 5.82 Å². The molecule has 0 spiro atoms. The summed E-state index contributed by atoms with van der Waals surface area (Å²) in [6.45, 7) is 0. The number of rotatable bonds is 3. The molecule has 0 saturated carbocycles. The summed E-state index contributed by atoms with van der Waals surface area (Å²) in [6.07, 6.45) is 0. The van der Waals surface area contributed by atoms with Gasteiger partial charge in [0.05, 0.1) is 5.75 Å². The van der Waals surface area contributed by atoms with Crippen LogP contribution < -0.4 is 5.73 Å². The summed E-state index contributed by atoms with van der Waals surface area (Å²) in [5.74, 6) is 0.964. The molecular weight excluding hydrogens is 233 g/mol. The fourth-order valence-electron chi connectivity index (χ4n) is 1.03. The van der Waals surface area contributed by atoms with E-state index < -0.39 is 0 Å². The third-order valence-electron chi connectivity index (χ3n) is 1.68. The highest BCUT2D eigenvalue weighted by atomic mass is 32.2. The molecule has 2 rings (SSSR count). The third kappa shape index (κ3) is 2.66. The van der Waals surface area contributed by atoms with Crippen LogP contribution in [0.3, 0.4) is 0 Å². The van der Waals surface area contributed by atoms with Crippen molar-refractivity contribution in [2.24, 2.45) is 0 Å². The monoisotopic (exact) mass is 241 g/mol. The summed E-state index contributed by atoms with van der Waals surface area (Å²) < 4.78 is 17.2.